The van der Waals surface area contributed by atoms with Crippen LogP contribution in [-0.2, 0) is 4.79 Å². The SMILES string of the molecule is CCC1(C(=O)O)CCCN1C(C)c1ccc(C(C)C)cc1. The fraction of sp³-hybridized carbons (Fsp3) is 0.611. The predicted molar refractivity (Wildman–Crippen MR) is 85.5 cm³/mol. The summed E-state index contributed by atoms with van der Waals surface area (Å²) in [4.78, 5) is 14.0. The van der Waals surface area contributed by atoms with E-state index in [4.69, 9.17) is 0 Å². The fourth-order valence-corrected chi connectivity index (χ4v) is 3.56. The molecule has 1 aliphatic heterocycles. The Morgan fingerprint density at radius 2 is 1.81 bits per heavy atom. The van der Waals surface area contributed by atoms with Crippen molar-refractivity contribution in [3.63, 3.8) is 0 Å². The van der Waals surface area contributed by atoms with Gasteiger partial charge in [-0.25, -0.2) is 0 Å². The van der Waals surface area contributed by atoms with Crippen molar-refractivity contribution in [2.24, 2.45) is 0 Å². The normalized spacial score (nSPS) is 24.4. The van der Waals surface area contributed by atoms with Crippen LogP contribution in [0.1, 0.15) is 70.0 Å². The molecule has 0 spiro atoms. The molecule has 2 unspecified atom stereocenters. The van der Waals surface area contributed by atoms with Crippen molar-refractivity contribution in [3.05, 3.63) is 35.4 Å². The standard InChI is InChI=1S/C18H27NO2/c1-5-18(17(20)21)11-6-12-19(18)14(4)16-9-7-15(8-10-16)13(2)3/h7-10,13-14H,5-6,11-12H2,1-4H3,(H,20,21). The summed E-state index contributed by atoms with van der Waals surface area (Å²) in [6, 6.07) is 8.79. The molecule has 0 bridgehead atoms. The second-order valence-corrected chi connectivity index (χ2v) is 6.48. The quantitative estimate of drug-likeness (QED) is 0.883. The van der Waals surface area contributed by atoms with E-state index in [1.54, 1.807) is 0 Å². The second kappa shape index (κ2) is 6.18. The molecule has 3 heteroatoms. The maximum atomic E-state index is 11.8. The van der Waals surface area contributed by atoms with Crippen molar-refractivity contribution >= 4 is 5.97 Å². The Labute approximate surface area is 128 Å². The van der Waals surface area contributed by atoms with Crippen molar-refractivity contribution in [1.82, 2.24) is 4.90 Å². The topological polar surface area (TPSA) is 40.5 Å². The zero-order chi connectivity index (χ0) is 15.6. The van der Waals surface area contributed by atoms with Gasteiger partial charge < -0.3 is 5.11 Å². The lowest BCUT2D eigenvalue weighted by molar-refractivity contribution is -0.151. The molecule has 1 fully saturated rings. The summed E-state index contributed by atoms with van der Waals surface area (Å²) < 4.78 is 0. The van der Waals surface area contributed by atoms with Crippen LogP contribution in [0.4, 0.5) is 0 Å². The largest absolute Gasteiger partial charge is 0.480 e. The molecule has 0 aromatic heterocycles. The van der Waals surface area contributed by atoms with Gasteiger partial charge in [0.1, 0.15) is 5.54 Å². The number of carbonyl (C=O) groups is 1. The van der Waals surface area contributed by atoms with Crippen molar-refractivity contribution in [3.8, 4) is 0 Å². The molecule has 1 saturated heterocycles. The number of hydrogen-bond donors (Lipinski definition) is 1. The third kappa shape index (κ3) is 2.84. The first-order valence-electron chi connectivity index (χ1n) is 8.02. The highest BCUT2D eigenvalue weighted by Gasteiger charge is 2.48. The molecule has 21 heavy (non-hydrogen) atoms. The molecule has 0 saturated carbocycles. The van der Waals surface area contributed by atoms with Gasteiger partial charge in [0.25, 0.3) is 0 Å². The third-order valence-corrected chi connectivity index (χ3v) is 5.08. The smallest absolute Gasteiger partial charge is 0.324 e. The number of rotatable bonds is 5. The van der Waals surface area contributed by atoms with Gasteiger partial charge in [-0.05, 0) is 49.8 Å². The number of hydrogen-bond acceptors (Lipinski definition) is 2. The van der Waals surface area contributed by atoms with Gasteiger partial charge in [-0.15, -0.1) is 0 Å². The highest BCUT2D eigenvalue weighted by atomic mass is 16.4. The Balaban J connectivity index is 2.26. The molecule has 2 atom stereocenters. The van der Waals surface area contributed by atoms with Gasteiger partial charge in [0.05, 0.1) is 0 Å². The highest BCUT2D eigenvalue weighted by molar-refractivity contribution is 5.79. The fourth-order valence-electron chi connectivity index (χ4n) is 3.56. The molecule has 1 heterocycles. The summed E-state index contributed by atoms with van der Waals surface area (Å²) in [5.74, 6) is -0.150. The molecule has 1 aromatic rings. The molecule has 2 rings (SSSR count). The summed E-state index contributed by atoms with van der Waals surface area (Å²) in [6.07, 6.45) is 2.39. The average molecular weight is 289 g/mol. The zero-order valence-corrected chi connectivity index (χ0v) is 13.6. The Morgan fingerprint density at radius 1 is 1.24 bits per heavy atom. The first-order chi connectivity index (χ1) is 9.92. The number of likely N-dealkylation sites (tertiary alicyclic amines) is 1. The molecule has 0 aliphatic carbocycles. The Hall–Kier alpha value is -1.35. The van der Waals surface area contributed by atoms with Crippen LogP contribution in [0.5, 0.6) is 0 Å². The summed E-state index contributed by atoms with van der Waals surface area (Å²) in [5, 5.41) is 9.71. The summed E-state index contributed by atoms with van der Waals surface area (Å²) in [7, 11) is 0. The predicted octanol–water partition coefficient (Wildman–Crippen LogP) is 4.20. The first kappa shape index (κ1) is 16.0. The summed E-state index contributed by atoms with van der Waals surface area (Å²) >= 11 is 0. The minimum atomic E-state index is -0.684. The molecule has 1 aromatic carbocycles. The maximum absolute atomic E-state index is 11.8. The molecule has 1 aliphatic rings. The van der Waals surface area contributed by atoms with E-state index < -0.39 is 11.5 Å². The van der Waals surface area contributed by atoms with E-state index in [1.165, 1.54) is 11.1 Å². The van der Waals surface area contributed by atoms with Crippen molar-refractivity contribution in [2.45, 2.75) is 64.5 Å². The van der Waals surface area contributed by atoms with Gasteiger partial charge in [-0.3, -0.25) is 9.69 Å². The molecular formula is C18H27NO2. The molecule has 3 nitrogen and oxygen atoms in total. The average Bonchev–Trinajstić information content (AvgIpc) is 2.91. The van der Waals surface area contributed by atoms with Crippen LogP contribution in [-0.4, -0.2) is 28.1 Å². The molecule has 0 radical (unpaired) electrons. The number of carboxylic acid groups (broad SMARTS) is 1. The first-order valence-corrected chi connectivity index (χ1v) is 8.02. The van der Waals surface area contributed by atoms with Crippen LogP contribution >= 0.6 is 0 Å². The maximum Gasteiger partial charge on any atom is 0.324 e. The van der Waals surface area contributed by atoms with E-state index in [-0.39, 0.29) is 6.04 Å². The minimum absolute atomic E-state index is 0.143. The van der Waals surface area contributed by atoms with Gasteiger partial charge in [0.15, 0.2) is 0 Å². The van der Waals surface area contributed by atoms with Crippen molar-refractivity contribution < 1.29 is 9.90 Å². The van der Waals surface area contributed by atoms with E-state index in [0.717, 1.165) is 19.4 Å². The molecule has 116 valence electrons. The van der Waals surface area contributed by atoms with Gasteiger partial charge in [-0.2, -0.15) is 0 Å². The van der Waals surface area contributed by atoms with Crippen LogP contribution in [0.3, 0.4) is 0 Å². The van der Waals surface area contributed by atoms with Crippen molar-refractivity contribution in [2.75, 3.05) is 6.54 Å². The van der Waals surface area contributed by atoms with Crippen LogP contribution in [0.15, 0.2) is 24.3 Å². The number of aliphatic carboxylic acids is 1. The number of benzene rings is 1. The molecule has 1 N–H and O–H groups in total. The van der Waals surface area contributed by atoms with E-state index in [9.17, 15) is 9.90 Å². The number of carboxylic acids is 1. The Bertz CT molecular complexity index is 494. The highest BCUT2D eigenvalue weighted by Crippen LogP contribution is 2.39. The monoisotopic (exact) mass is 289 g/mol. The lowest BCUT2D eigenvalue weighted by atomic mass is 9.90. The van der Waals surface area contributed by atoms with Crippen LogP contribution in [0, 0.1) is 0 Å². The van der Waals surface area contributed by atoms with Crippen LogP contribution in [0.25, 0.3) is 0 Å². The van der Waals surface area contributed by atoms with Crippen molar-refractivity contribution in [1.29, 1.82) is 0 Å². The number of nitrogens with zero attached hydrogens (tertiary/aromatic N) is 1. The molecular weight excluding hydrogens is 262 g/mol. The van der Waals surface area contributed by atoms with Gasteiger partial charge >= 0.3 is 5.97 Å². The van der Waals surface area contributed by atoms with E-state index in [1.807, 2.05) is 6.92 Å². The second-order valence-electron chi connectivity index (χ2n) is 6.48. The Morgan fingerprint density at radius 3 is 2.29 bits per heavy atom. The minimum Gasteiger partial charge on any atom is -0.480 e. The lowest BCUT2D eigenvalue weighted by Gasteiger charge is -2.38. The summed E-state index contributed by atoms with van der Waals surface area (Å²) in [5.41, 5.74) is 1.85. The van der Waals surface area contributed by atoms with E-state index in [2.05, 4.69) is 49.9 Å². The zero-order valence-electron chi connectivity index (χ0n) is 13.6. The van der Waals surface area contributed by atoms with Gasteiger partial charge in [-0.1, -0.05) is 45.0 Å². The molecule has 0 amide bonds. The third-order valence-electron chi connectivity index (χ3n) is 5.08. The van der Waals surface area contributed by atoms with E-state index in [0.29, 0.717) is 12.3 Å². The van der Waals surface area contributed by atoms with Crippen LogP contribution < -0.4 is 0 Å². The van der Waals surface area contributed by atoms with E-state index >= 15 is 0 Å². The Kier molecular flexibility index (Phi) is 4.72. The van der Waals surface area contributed by atoms with Crippen LogP contribution in [0.2, 0.25) is 0 Å². The lowest BCUT2D eigenvalue weighted by Crippen LogP contribution is -2.50. The van der Waals surface area contributed by atoms with Gasteiger partial charge in [0.2, 0.25) is 0 Å². The van der Waals surface area contributed by atoms with Gasteiger partial charge in [0, 0.05) is 6.04 Å². The summed E-state index contributed by atoms with van der Waals surface area (Å²) in [6.45, 7) is 9.36.